The molecular formula is C18H20ClN7O3S. The number of aromatic amines is 1. The molecule has 0 aliphatic heterocycles. The normalized spacial score (nSPS) is 11.5. The van der Waals surface area contributed by atoms with E-state index in [9.17, 15) is 9.59 Å². The van der Waals surface area contributed by atoms with E-state index >= 15 is 0 Å². The van der Waals surface area contributed by atoms with Crippen molar-refractivity contribution in [2.45, 2.75) is 52.1 Å². The number of imidazole rings is 1. The number of hydrogen-bond acceptors (Lipinski definition) is 8. The van der Waals surface area contributed by atoms with Gasteiger partial charge < -0.3 is 9.51 Å². The Balaban J connectivity index is 1.47. The van der Waals surface area contributed by atoms with Crippen LogP contribution >= 0.6 is 22.9 Å². The Morgan fingerprint density at radius 1 is 1.17 bits per heavy atom. The van der Waals surface area contributed by atoms with E-state index in [-0.39, 0.29) is 23.0 Å². The molecule has 30 heavy (non-hydrogen) atoms. The van der Waals surface area contributed by atoms with Gasteiger partial charge in [-0.25, -0.2) is 9.78 Å². The lowest BCUT2D eigenvalue weighted by molar-refractivity contribution is 0.419. The Morgan fingerprint density at radius 3 is 2.77 bits per heavy atom. The fourth-order valence-electron chi connectivity index (χ4n) is 3.18. The summed E-state index contributed by atoms with van der Waals surface area (Å²) in [6, 6.07) is 0. The highest BCUT2D eigenvalue weighted by Crippen LogP contribution is 2.17. The van der Waals surface area contributed by atoms with Crippen LogP contribution < -0.4 is 11.2 Å². The van der Waals surface area contributed by atoms with Crippen molar-refractivity contribution in [2.24, 2.45) is 0 Å². The lowest BCUT2D eigenvalue weighted by Crippen LogP contribution is -2.40. The zero-order valence-corrected chi connectivity index (χ0v) is 17.9. The van der Waals surface area contributed by atoms with Gasteiger partial charge in [-0.1, -0.05) is 18.5 Å². The van der Waals surface area contributed by atoms with Crippen molar-refractivity contribution >= 4 is 34.1 Å². The average Bonchev–Trinajstić information content (AvgIpc) is 3.47. The molecule has 10 nitrogen and oxygen atoms in total. The summed E-state index contributed by atoms with van der Waals surface area (Å²) in [5, 5.41) is 5.89. The molecule has 0 radical (unpaired) electrons. The third-order valence-electron chi connectivity index (χ3n) is 4.72. The summed E-state index contributed by atoms with van der Waals surface area (Å²) in [4.78, 5) is 41.0. The molecular weight excluding hydrogens is 430 g/mol. The van der Waals surface area contributed by atoms with Crippen LogP contribution in [0.15, 0.2) is 25.0 Å². The summed E-state index contributed by atoms with van der Waals surface area (Å²) in [7, 11) is 0. The molecule has 0 aliphatic rings. The van der Waals surface area contributed by atoms with Gasteiger partial charge in [0.05, 0.1) is 5.51 Å². The fraction of sp³-hybridized carbons (Fsp3) is 0.444. The molecule has 0 amide bonds. The zero-order chi connectivity index (χ0) is 21.1. The summed E-state index contributed by atoms with van der Waals surface area (Å²) in [6.45, 7) is 2.80. The smallest absolute Gasteiger partial charge is 0.332 e. The van der Waals surface area contributed by atoms with Crippen LogP contribution in [0.1, 0.15) is 38.4 Å². The van der Waals surface area contributed by atoms with E-state index in [4.69, 9.17) is 16.1 Å². The number of aryl methyl sites for hydroxylation is 2. The Kier molecular flexibility index (Phi) is 6.09. The molecule has 0 atom stereocenters. The van der Waals surface area contributed by atoms with Crippen LogP contribution in [0.25, 0.3) is 22.7 Å². The molecule has 0 spiro atoms. The number of H-pyrrole nitrogens is 1. The van der Waals surface area contributed by atoms with E-state index in [1.54, 1.807) is 5.51 Å². The summed E-state index contributed by atoms with van der Waals surface area (Å²) < 4.78 is 7.97. The second-order valence-corrected chi connectivity index (χ2v) is 7.89. The molecule has 0 aliphatic carbocycles. The standard InChI is InChI=1S/C18H20ClN7O3S/c1-2-3-7-25-14-13(22-17(19)23-14)16(27)26(18(25)28)8-5-4-6-12-21-15(29-24-12)11-9-30-10-20-11/h9-10H,2-8H2,1H3,(H,22,23). The first-order valence-corrected chi connectivity index (χ1v) is 11.0. The van der Waals surface area contributed by atoms with E-state index in [1.807, 2.05) is 12.3 Å². The van der Waals surface area contributed by atoms with Gasteiger partial charge in [-0.05, 0) is 30.9 Å². The average molecular weight is 450 g/mol. The molecule has 0 unspecified atom stereocenters. The minimum Gasteiger partial charge on any atom is -0.332 e. The van der Waals surface area contributed by atoms with Gasteiger partial charge in [0.1, 0.15) is 5.69 Å². The molecule has 1 N–H and O–H groups in total. The fourth-order valence-corrected chi connectivity index (χ4v) is 3.88. The van der Waals surface area contributed by atoms with Gasteiger partial charge in [0.15, 0.2) is 17.0 Å². The van der Waals surface area contributed by atoms with Gasteiger partial charge >= 0.3 is 5.69 Å². The maximum atomic E-state index is 12.9. The van der Waals surface area contributed by atoms with Crippen molar-refractivity contribution in [2.75, 3.05) is 0 Å². The monoisotopic (exact) mass is 449 g/mol. The second-order valence-electron chi connectivity index (χ2n) is 6.82. The molecule has 0 bridgehead atoms. The molecule has 4 aromatic heterocycles. The molecule has 4 aromatic rings. The van der Waals surface area contributed by atoms with Crippen molar-refractivity contribution < 1.29 is 4.52 Å². The number of aromatic nitrogens is 7. The summed E-state index contributed by atoms with van der Waals surface area (Å²) in [5.41, 5.74) is 2.14. The molecule has 0 aromatic carbocycles. The SMILES string of the molecule is CCCCn1c(=O)n(CCCCc2noc(-c3cscn3)n2)c(=O)c2[nH]c(Cl)nc21. The van der Waals surface area contributed by atoms with Crippen molar-refractivity contribution in [3.63, 3.8) is 0 Å². The first-order chi connectivity index (χ1) is 14.6. The van der Waals surface area contributed by atoms with Gasteiger partial charge in [-0.3, -0.25) is 13.9 Å². The Bertz CT molecular complexity index is 1260. The number of halogens is 1. The van der Waals surface area contributed by atoms with Crippen LogP contribution in [0.3, 0.4) is 0 Å². The van der Waals surface area contributed by atoms with E-state index in [0.29, 0.717) is 48.9 Å². The first kappa shape index (κ1) is 20.5. The number of nitrogens with one attached hydrogen (secondary N) is 1. The molecule has 158 valence electrons. The van der Waals surface area contributed by atoms with Crippen molar-refractivity contribution in [3.8, 4) is 11.6 Å². The zero-order valence-electron chi connectivity index (χ0n) is 16.3. The first-order valence-electron chi connectivity index (χ1n) is 9.68. The largest absolute Gasteiger partial charge is 0.332 e. The van der Waals surface area contributed by atoms with Gasteiger partial charge in [-0.15, -0.1) is 11.3 Å². The van der Waals surface area contributed by atoms with E-state index in [1.165, 1.54) is 20.5 Å². The van der Waals surface area contributed by atoms with Crippen molar-refractivity contribution in [1.29, 1.82) is 0 Å². The lowest BCUT2D eigenvalue weighted by Gasteiger charge is -2.10. The van der Waals surface area contributed by atoms with Crippen LogP contribution in [-0.2, 0) is 19.5 Å². The molecule has 0 saturated carbocycles. The predicted octanol–water partition coefficient (Wildman–Crippen LogP) is 2.87. The Hall–Kier alpha value is -2.79. The summed E-state index contributed by atoms with van der Waals surface area (Å²) in [5.74, 6) is 0.962. The third kappa shape index (κ3) is 4.08. The Labute approximate surface area is 179 Å². The highest BCUT2D eigenvalue weighted by atomic mass is 35.5. The van der Waals surface area contributed by atoms with E-state index < -0.39 is 5.56 Å². The number of thiazole rings is 1. The van der Waals surface area contributed by atoms with E-state index in [0.717, 1.165) is 12.8 Å². The van der Waals surface area contributed by atoms with Gasteiger partial charge in [-0.2, -0.15) is 9.97 Å². The number of fused-ring (bicyclic) bond motifs is 1. The summed E-state index contributed by atoms with van der Waals surface area (Å²) >= 11 is 7.40. The number of rotatable bonds is 9. The van der Waals surface area contributed by atoms with Crippen LogP contribution in [0.2, 0.25) is 5.28 Å². The lowest BCUT2D eigenvalue weighted by atomic mass is 10.2. The second kappa shape index (κ2) is 8.92. The van der Waals surface area contributed by atoms with Crippen molar-refractivity contribution in [3.05, 3.63) is 42.8 Å². The number of nitrogens with zero attached hydrogens (tertiary/aromatic N) is 6. The Morgan fingerprint density at radius 2 is 2.00 bits per heavy atom. The van der Waals surface area contributed by atoms with Crippen LogP contribution in [-0.4, -0.2) is 34.2 Å². The molecule has 4 rings (SSSR count). The number of unbranched alkanes of at least 4 members (excludes halogenated alkanes) is 2. The quantitative estimate of drug-likeness (QED) is 0.307. The predicted molar refractivity (Wildman–Crippen MR) is 113 cm³/mol. The minimum absolute atomic E-state index is 0.0949. The molecule has 0 saturated heterocycles. The van der Waals surface area contributed by atoms with E-state index in [2.05, 4.69) is 25.1 Å². The van der Waals surface area contributed by atoms with Crippen LogP contribution in [0, 0.1) is 0 Å². The third-order valence-corrected chi connectivity index (χ3v) is 5.48. The number of hydrogen-bond donors (Lipinski definition) is 1. The molecule has 4 heterocycles. The maximum absolute atomic E-state index is 12.9. The van der Waals surface area contributed by atoms with Gasteiger partial charge in [0, 0.05) is 24.9 Å². The molecule has 12 heteroatoms. The van der Waals surface area contributed by atoms with Gasteiger partial charge in [0.25, 0.3) is 11.4 Å². The van der Waals surface area contributed by atoms with Crippen molar-refractivity contribution in [1.82, 2.24) is 34.2 Å². The highest BCUT2D eigenvalue weighted by molar-refractivity contribution is 7.07. The molecule has 0 fully saturated rings. The highest BCUT2D eigenvalue weighted by Gasteiger charge is 2.17. The minimum atomic E-state index is -0.410. The van der Waals surface area contributed by atoms with Crippen LogP contribution in [0.4, 0.5) is 0 Å². The van der Waals surface area contributed by atoms with Gasteiger partial charge in [0.2, 0.25) is 5.28 Å². The summed E-state index contributed by atoms with van der Waals surface area (Å²) in [6.07, 6.45) is 3.59. The maximum Gasteiger partial charge on any atom is 0.332 e. The van der Waals surface area contributed by atoms with Crippen LogP contribution in [0.5, 0.6) is 0 Å². The topological polar surface area (TPSA) is 124 Å².